The molecular formula is C15H15BrClNO. The van der Waals surface area contributed by atoms with Crippen molar-refractivity contribution in [3.05, 3.63) is 63.1 Å². The maximum Gasteiger partial charge on any atom is 0.134 e. The number of ether oxygens (including phenoxy) is 1. The van der Waals surface area contributed by atoms with Gasteiger partial charge in [0.1, 0.15) is 12.4 Å². The molecule has 0 aliphatic rings. The van der Waals surface area contributed by atoms with Crippen molar-refractivity contribution in [2.24, 2.45) is 5.73 Å². The fraction of sp³-hybridized carbons (Fsp3) is 0.200. The highest BCUT2D eigenvalue weighted by Gasteiger charge is 2.06. The predicted octanol–water partition coefficient (Wildman–Crippen LogP) is 4.70. The standard InChI is InChI=1S/C15H15BrClNO/c1-10(18)12-5-6-15(14(16)8-12)19-9-11-3-2-4-13(17)7-11/h2-8,10H,9,18H2,1H3/t10-/m0/s1. The van der Waals surface area contributed by atoms with Gasteiger partial charge in [0.25, 0.3) is 0 Å². The van der Waals surface area contributed by atoms with E-state index < -0.39 is 0 Å². The summed E-state index contributed by atoms with van der Waals surface area (Å²) in [7, 11) is 0. The Morgan fingerprint density at radius 2 is 2.05 bits per heavy atom. The van der Waals surface area contributed by atoms with Gasteiger partial charge in [0.05, 0.1) is 4.47 Å². The zero-order valence-electron chi connectivity index (χ0n) is 10.6. The van der Waals surface area contributed by atoms with Crippen LogP contribution in [0.3, 0.4) is 0 Å². The number of nitrogens with two attached hydrogens (primary N) is 1. The van der Waals surface area contributed by atoms with Crippen LogP contribution in [0.15, 0.2) is 46.9 Å². The van der Waals surface area contributed by atoms with Gasteiger partial charge in [-0.3, -0.25) is 0 Å². The van der Waals surface area contributed by atoms with Crippen LogP contribution in [0.2, 0.25) is 5.02 Å². The molecule has 0 amide bonds. The average molecular weight is 341 g/mol. The van der Waals surface area contributed by atoms with Crippen molar-refractivity contribution in [2.75, 3.05) is 0 Å². The van der Waals surface area contributed by atoms with Crippen molar-refractivity contribution >= 4 is 27.5 Å². The van der Waals surface area contributed by atoms with Crippen LogP contribution < -0.4 is 10.5 Å². The number of halogens is 2. The fourth-order valence-electron chi connectivity index (χ4n) is 1.71. The van der Waals surface area contributed by atoms with E-state index in [0.717, 1.165) is 21.3 Å². The summed E-state index contributed by atoms with van der Waals surface area (Å²) in [6.45, 7) is 2.44. The van der Waals surface area contributed by atoms with E-state index in [1.807, 2.05) is 49.4 Å². The summed E-state index contributed by atoms with van der Waals surface area (Å²) in [4.78, 5) is 0. The third-order valence-corrected chi connectivity index (χ3v) is 3.62. The Bertz CT molecular complexity index is 572. The first-order valence-electron chi connectivity index (χ1n) is 5.98. The maximum atomic E-state index is 5.93. The molecule has 2 N–H and O–H groups in total. The van der Waals surface area contributed by atoms with Crippen molar-refractivity contribution in [1.82, 2.24) is 0 Å². The van der Waals surface area contributed by atoms with Crippen molar-refractivity contribution in [3.8, 4) is 5.75 Å². The molecule has 19 heavy (non-hydrogen) atoms. The Morgan fingerprint density at radius 1 is 1.26 bits per heavy atom. The molecule has 0 bridgehead atoms. The lowest BCUT2D eigenvalue weighted by molar-refractivity contribution is 0.304. The van der Waals surface area contributed by atoms with Crippen LogP contribution in [0.1, 0.15) is 24.1 Å². The van der Waals surface area contributed by atoms with Crippen LogP contribution in [0.25, 0.3) is 0 Å². The summed E-state index contributed by atoms with van der Waals surface area (Å²) < 4.78 is 6.67. The largest absolute Gasteiger partial charge is 0.488 e. The minimum absolute atomic E-state index is 0.0123. The molecule has 0 spiro atoms. The van der Waals surface area contributed by atoms with Gasteiger partial charge in [-0.15, -0.1) is 0 Å². The molecule has 2 rings (SSSR count). The van der Waals surface area contributed by atoms with E-state index in [0.29, 0.717) is 11.6 Å². The van der Waals surface area contributed by atoms with E-state index in [9.17, 15) is 0 Å². The van der Waals surface area contributed by atoms with Crippen LogP contribution in [-0.2, 0) is 6.61 Å². The monoisotopic (exact) mass is 339 g/mol. The van der Waals surface area contributed by atoms with Crippen LogP contribution in [-0.4, -0.2) is 0 Å². The Balaban J connectivity index is 2.07. The van der Waals surface area contributed by atoms with E-state index in [1.165, 1.54) is 0 Å². The van der Waals surface area contributed by atoms with Gasteiger partial charge in [-0.1, -0.05) is 29.8 Å². The third kappa shape index (κ3) is 3.96. The summed E-state index contributed by atoms with van der Waals surface area (Å²) in [6, 6.07) is 13.5. The van der Waals surface area contributed by atoms with E-state index in [4.69, 9.17) is 22.1 Å². The van der Waals surface area contributed by atoms with Crippen LogP contribution in [0.4, 0.5) is 0 Å². The van der Waals surface area contributed by atoms with Gasteiger partial charge < -0.3 is 10.5 Å². The van der Waals surface area contributed by atoms with Gasteiger partial charge in [-0.2, -0.15) is 0 Å². The number of hydrogen-bond acceptors (Lipinski definition) is 2. The highest BCUT2D eigenvalue weighted by molar-refractivity contribution is 9.10. The number of benzene rings is 2. The first-order valence-corrected chi connectivity index (χ1v) is 7.15. The molecule has 0 aliphatic heterocycles. The second-order valence-corrected chi connectivity index (χ2v) is 5.69. The molecule has 100 valence electrons. The third-order valence-electron chi connectivity index (χ3n) is 2.77. The number of rotatable bonds is 4. The molecule has 2 nitrogen and oxygen atoms in total. The second-order valence-electron chi connectivity index (χ2n) is 4.40. The molecule has 4 heteroatoms. The van der Waals surface area contributed by atoms with E-state index >= 15 is 0 Å². The SMILES string of the molecule is C[C@H](N)c1ccc(OCc2cccc(Cl)c2)c(Br)c1. The molecule has 0 unspecified atom stereocenters. The van der Waals surface area contributed by atoms with Crippen LogP contribution in [0, 0.1) is 0 Å². The average Bonchev–Trinajstić information content (AvgIpc) is 2.37. The Hall–Kier alpha value is -1.03. The normalized spacial score (nSPS) is 12.2. The van der Waals surface area contributed by atoms with Crippen LogP contribution in [0.5, 0.6) is 5.75 Å². The topological polar surface area (TPSA) is 35.2 Å². The van der Waals surface area contributed by atoms with Gasteiger partial charge in [0.15, 0.2) is 0 Å². The summed E-state index contributed by atoms with van der Waals surface area (Å²) in [5.41, 5.74) is 7.95. The Morgan fingerprint density at radius 3 is 2.68 bits per heavy atom. The van der Waals surface area contributed by atoms with Crippen molar-refractivity contribution in [1.29, 1.82) is 0 Å². The molecule has 0 aliphatic carbocycles. The van der Waals surface area contributed by atoms with Crippen molar-refractivity contribution in [3.63, 3.8) is 0 Å². The molecule has 2 aromatic carbocycles. The smallest absolute Gasteiger partial charge is 0.134 e. The molecule has 0 radical (unpaired) electrons. The zero-order valence-corrected chi connectivity index (χ0v) is 12.9. The molecule has 0 fully saturated rings. The van der Waals surface area contributed by atoms with Crippen molar-refractivity contribution < 1.29 is 4.74 Å². The van der Waals surface area contributed by atoms with Gasteiger partial charge in [0.2, 0.25) is 0 Å². The van der Waals surface area contributed by atoms with Gasteiger partial charge in [0, 0.05) is 11.1 Å². The predicted molar refractivity (Wildman–Crippen MR) is 82.5 cm³/mol. The zero-order chi connectivity index (χ0) is 13.8. The maximum absolute atomic E-state index is 5.93. The fourth-order valence-corrected chi connectivity index (χ4v) is 2.43. The molecular weight excluding hydrogens is 326 g/mol. The quantitative estimate of drug-likeness (QED) is 0.875. The Kier molecular flexibility index (Phi) is 4.86. The second kappa shape index (κ2) is 6.42. The first-order chi connectivity index (χ1) is 9.06. The number of hydrogen-bond donors (Lipinski definition) is 1. The molecule has 2 aromatic rings. The van der Waals surface area contributed by atoms with E-state index in [2.05, 4.69) is 15.9 Å². The summed E-state index contributed by atoms with van der Waals surface area (Å²) >= 11 is 9.43. The highest BCUT2D eigenvalue weighted by Crippen LogP contribution is 2.28. The highest BCUT2D eigenvalue weighted by atomic mass is 79.9. The first kappa shape index (κ1) is 14.4. The minimum Gasteiger partial charge on any atom is -0.488 e. The van der Waals surface area contributed by atoms with Gasteiger partial charge in [-0.05, 0) is 58.2 Å². The Labute approximate surface area is 126 Å². The van der Waals surface area contributed by atoms with Gasteiger partial charge in [-0.25, -0.2) is 0 Å². The summed E-state index contributed by atoms with van der Waals surface area (Å²) in [6.07, 6.45) is 0. The lowest BCUT2D eigenvalue weighted by Crippen LogP contribution is -2.05. The van der Waals surface area contributed by atoms with E-state index in [1.54, 1.807) is 0 Å². The van der Waals surface area contributed by atoms with E-state index in [-0.39, 0.29) is 6.04 Å². The molecule has 0 saturated carbocycles. The van der Waals surface area contributed by atoms with Crippen LogP contribution >= 0.6 is 27.5 Å². The lowest BCUT2D eigenvalue weighted by Gasteiger charge is -2.11. The minimum atomic E-state index is 0.0123. The van der Waals surface area contributed by atoms with Crippen molar-refractivity contribution in [2.45, 2.75) is 19.6 Å². The molecule has 0 heterocycles. The molecule has 1 atom stereocenters. The molecule has 0 aromatic heterocycles. The van der Waals surface area contributed by atoms with Gasteiger partial charge >= 0.3 is 0 Å². The lowest BCUT2D eigenvalue weighted by atomic mass is 10.1. The summed E-state index contributed by atoms with van der Waals surface area (Å²) in [5.74, 6) is 0.796. The molecule has 0 saturated heterocycles. The summed E-state index contributed by atoms with van der Waals surface area (Å²) in [5, 5.41) is 0.715.